The molecule has 1 amide bonds. The van der Waals surface area contributed by atoms with E-state index in [-0.39, 0.29) is 10.6 Å². The molecule has 9 heteroatoms. The Morgan fingerprint density at radius 3 is 2.41 bits per heavy atom. The number of morpholine rings is 1. The van der Waals surface area contributed by atoms with E-state index in [1.807, 2.05) is 0 Å². The summed E-state index contributed by atoms with van der Waals surface area (Å²) in [7, 11) is 0. The second-order valence-corrected chi connectivity index (χ2v) is 8.06. The summed E-state index contributed by atoms with van der Waals surface area (Å²) in [5.41, 5.74) is 0.276. The molecule has 0 spiro atoms. The second kappa shape index (κ2) is 7.75. The second-order valence-electron chi connectivity index (χ2n) is 4.84. The molecule has 0 aromatic heterocycles. The highest BCUT2D eigenvalue weighted by atomic mass is 35.6. The van der Waals surface area contributed by atoms with E-state index in [4.69, 9.17) is 62.7 Å². The number of halogens is 5. The maximum Gasteiger partial charge on any atom is 0.262 e. The van der Waals surface area contributed by atoms with Crippen LogP contribution in [-0.2, 0) is 4.74 Å². The Morgan fingerprint density at radius 2 is 1.86 bits per heavy atom. The number of hydrogen-bond donors (Lipinski definition) is 2. The molecule has 2 rings (SSSR count). The highest BCUT2D eigenvalue weighted by Gasteiger charge is 2.43. The lowest BCUT2D eigenvalue weighted by atomic mass is 10.2. The van der Waals surface area contributed by atoms with Gasteiger partial charge in [0.1, 0.15) is 13.1 Å². The zero-order valence-corrected chi connectivity index (χ0v) is 15.1. The van der Waals surface area contributed by atoms with Crippen LogP contribution in [0.15, 0.2) is 18.2 Å². The number of ether oxygens (including phenoxy) is 1. The van der Waals surface area contributed by atoms with Gasteiger partial charge in [-0.25, -0.2) is 0 Å². The lowest BCUT2D eigenvalue weighted by molar-refractivity contribution is -0.934. The van der Waals surface area contributed by atoms with Gasteiger partial charge in [-0.2, -0.15) is 0 Å². The van der Waals surface area contributed by atoms with E-state index in [0.717, 1.165) is 4.90 Å². The van der Waals surface area contributed by atoms with Gasteiger partial charge in [-0.05, 0) is 18.2 Å². The van der Waals surface area contributed by atoms with Gasteiger partial charge in [0.2, 0.25) is 6.17 Å². The summed E-state index contributed by atoms with van der Waals surface area (Å²) in [6.45, 7) is 2.36. The number of rotatable bonds is 3. The number of benzene rings is 1. The summed E-state index contributed by atoms with van der Waals surface area (Å²) in [5, 5.41) is 3.43. The van der Waals surface area contributed by atoms with Gasteiger partial charge in [-0.15, -0.1) is 0 Å². The molecule has 1 heterocycles. The fraction of sp³-hybridized carbons (Fsp3) is 0.462. The zero-order chi connectivity index (χ0) is 16.3. The van der Waals surface area contributed by atoms with Crippen molar-refractivity contribution in [2.45, 2.75) is 9.96 Å². The van der Waals surface area contributed by atoms with Crippen molar-refractivity contribution >= 4 is 63.9 Å². The minimum atomic E-state index is -1.65. The average molecular weight is 408 g/mol. The Bertz CT molecular complexity index is 544. The third kappa shape index (κ3) is 4.78. The normalized spacial score (nSPS) is 18.0. The molecule has 4 nitrogen and oxygen atoms in total. The van der Waals surface area contributed by atoms with Crippen LogP contribution in [0.25, 0.3) is 0 Å². The van der Waals surface area contributed by atoms with E-state index in [2.05, 4.69) is 5.32 Å². The summed E-state index contributed by atoms with van der Waals surface area (Å²) in [5.74, 6) is -0.419. The van der Waals surface area contributed by atoms with Crippen LogP contribution in [0.5, 0.6) is 0 Å². The standard InChI is InChI=1S/C13H13Cl5N2O2/c14-8-1-2-9(10(15)7-8)11(21)19-12(13(16,17)18)20-3-5-22-6-4-20/h1-2,7,12H,3-6H2,(H,19,21)/p+1. The molecule has 2 N–H and O–H groups in total. The van der Waals surface area contributed by atoms with Gasteiger partial charge < -0.3 is 9.64 Å². The zero-order valence-electron chi connectivity index (χ0n) is 11.3. The number of quaternary nitrogens is 1. The molecule has 122 valence electrons. The molecule has 0 saturated carbocycles. The van der Waals surface area contributed by atoms with Gasteiger partial charge in [-0.1, -0.05) is 58.0 Å². The predicted molar refractivity (Wildman–Crippen MR) is 89.5 cm³/mol. The first kappa shape index (κ1) is 18.4. The van der Waals surface area contributed by atoms with Crippen molar-refractivity contribution in [3.8, 4) is 0 Å². The summed E-state index contributed by atoms with van der Waals surface area (Å²) in [6.07, 6.45) is -0.708. The first-order chi connectivity index (χ1) is 10.3. The molecule has 22 heavy (non-hydrogen) atoms. The number of carbonyl (C=O) groups excluding carboxylic acids is 1. The first-order valence-electron chi connectivity index (χ1n) is 6.54. The summed E-state index contributed by atoms with van der Waals surface area (Å²) < 4.78 is 3.63. The predicted octanol–water partition coefficient (Wildman–Crippen LogP) is 2.33. The van der Waals surface area contributed by atoms with E-state index in [0.29, 0.717) is 31.3 Å². The maximum absolute atomic E-state index is 12.4. The third-order valence-corrected chi connectivity index (χ3v) is 4.52. The summed E-state index contributed by atoms with van der Waals surface area (Å²) in [4.78, 5) is 13.4. The van der Waals surface area contributed by atoms with E-state index < -0.39 is 15.9 Å². The minimum Gasteiger partial charge on any atom is -0.370 e. The van der Waals surface area contributed by atoms with Gasteiger partial charge in [0, 0.05) is 5.02 Å². The Hall–Kier alpha value is 0.0600. The fourth-order valence-electron chi connectivity index (χ4n) is 2.22. The van der Waals surface area contributed by atoms with Crippen molar-refractivity contribution in [3.63, 3.8) is 0 Å². The van der Waals surface area contributed by atoms with Crippen LogP contribution in [-0.4, -0.2) is 42.2 Å². The molecule has 0 aliphatic carbocycles. The van der Waals surface area contributed by atoms with E-state index in [1.54, 1.807) is 6.07 Å². The van der Waals surface area contributed by atoms with Gasteiger partial charge in [0.05, 0.1) is 23.8 Å². The fourth-order valence-corrected chi connectivity index (χ4v) is 3.34. The lowest BCUT2D eigenvalue weighted by Gasteiger charge is -2.35. The average Bonchev–Trinajstić information content (AvgIpc) is 2.44. The van der Waals surface area contributed by atoms with E-state index in [1.165, 1.54) is 12.1 Å². The third-order valence-electron chi connectivity index (χ3n) is 3.32. The van der Waals surface area contributed by atoms with Crippen LogP contribution in [0.4, 0.5) is 0 Å². The van der Waals surface area contributed by atoms with Crippen molar-refractivity contribution in [2.24, 2.45) is 0 Å². The molecule has 1 aromatic carbocycles. The Balaban J connectivity index is 2.17. The summed E-state index contributed by atoms with van der Waals surface area (Å²) in [6, 6.07) is 4.60. The molecule has 1 unspecified atom stereocenters. The van der Waals surface area contributed by atoms with Crippen LogP contribution in [0.3, 0.4) is 0 Å². The quantitative estimate of drug-likeness (QED) is 0.756. The molecule has 1 aromatic rings. The molecular formula is C13H14Cl5N2O2+. The van der Waals surface area contributed by atoms with Crippen molar-refractivity contribution in [3.05, 3.63) is 33.8 Å². The molecule has 1 aliphatic rings. The Morgan fingerprint density at radius 1 is 1.23 bits per heavy atom. The van der Waals surface area contributed by atoms with Gasteiger partial charge in [0.25, 0.3) is 9.70 Å². The Labute approximate surface area is 153 Å². The number of hydrogen-bond acceptors (Lipinski definition) is 2. The topological polar surface area (TPSA) is 42.8 Å². The van der Waals surface area contributed by atoms with Crippen LogP contribution in [0, 0.1) is 0 Å². The monoisotopic (exact) mass is 405 g/mol. The van der Waals surface area contributed by atoms with E-state index >= 15 is 0 Å². The maximum atomic E-state index is 12.4. The Kier molecular flexibility index (Phi) is 6.48. The molecule has 1 saturated heterocycles. The molecule has 1 aliphatic heterocycles. The number of amides is 1. The lowest BCUT2D eigenvalue weighted by Crippen LogP contribution is -3.21. The van der Waals surface area contributed by atoms with E-state index in [9.17, 15) is 4.79 Å². The largest absolute Gasteiger partial charge is 0.370 e. The molecule has 1 atom stereocenters. The van der Waals surface area contributed by atoms with Crippen LogP contribution in [0.2, 0.25) is 10.0 Å². The number of carbonyl (C=O) groups is 1. The number of alkyl halides is 3. The highest BCUT2D eigenvalue weighted by Crippen LogP contribution is 2.28. The minimum absolute atomic E-state index is 0.241. The van der Waals surface area contributed by atoms with Gasteiger partial charge in [-0.3, -0.25) is 10.1 Å². The van der Waals surface area contributed by atoms with Crippen molar-refractivity contribution in [1.29, 1.82) is 0 Å². The highest BCUT2D eigenvalue weighted by molar-refractivity contribution is 6.68. The van der Waals surface area contributed by atoms with Crippen LogP contribution < -0.4 is 10.2 Å². The van der Waals surface area contributed by atoms with Crippen molar-refractivity contribution < 1.29 is 14.4 Å². The van der Waals surface area contributed by atoms with Gasteiger partial charge >= 0.3 is 0 Å². The smallest absolute Gasteiger partial charge is 0.262 e. The molecule has 0 radical (unpaired) electrons. The first-order valence-corrected chi connectivity index (χ1v) is 8.43. The van der Waals surface area contributed by atoms with Crippen LogP contribution >= 0.6 is 58.0 Å². The van der Waals surface area contributed by atoms with Crippen molar-refractivity contribution in [2.75, 3.05) is 26.3 Å². The molecule has 0 bridgehead atoms. The van der Waals surface area contributed by atoms with Crippen molar-refractivity contribution in [1.82, 2.24) is 5.32 Å². The van der Waals surface area contributed by atoms with Gasteiger partial charge in [0.15, 0.2) is 0 Å². The molecule has 1 fully saturated rings. The SMILES string of the molecule is O=C(NC([NH+]1CCOCC1)C(Cl)(Cl)Cl)c1ccc(Cl)cc1Cl. The molecular weight excluding hydrogens is 393 g/mol. The van der Waals surface area contributed by atoms with Crippen LogP contribution in [0.1, 0.15) is 10.4 Å². The summed E-state index contributed by atoms with van der Waals surface area (Å²) >= 11 is 29.9. The number of nitrogens with one attached hydrogen (secondary N) is 2.